The van der Waals surface area contributed by atoms with Crippen LogP contribution in [0.15, 0.2) is 11.6 Å². The SMILES string of the molecule is COC(=O)[C@@]1(C)CC[C@]2(C)CC[C@]3(C)C(=CC[C@@H]4[C@@]5(C)CC[C@H](O[C@H]6C[C@H](O)[C@@H](O)[C@H](C)O6)C(C)(C)[C@@H]5CC[C@]43C)[C@@H]2C1. The Labute approximate surface area is 260 Å². The number of rotatable bonds is 3. The molecule has 0 spiro atoms. The second kappa shape index (κ2) is 10.3. The van der Waals surface area contributed by atoms with Gasteiger partial charge in [-0.25, -0.2) is 0 Å². The lowest BCUT2D eigenvalue weighted by atomic mass is 9.33. The number of aliphatic hydroxyl groups excluding tert-OH is 2. The molecular weight excluding hydrogens is 540 g/mol. The molecule has 0 aromatic rings. The van der Waals surface area contributed by atoms with Gasteiger partial charge in [-0.1, -0.05) is 53.2 Å². The molecule has 1 heterocycles. The Balaban J connectivity index is 1.28. The van der Waals surface area contributed by atoms with E-state index in [1.807, 2.05) is 6.92 Å². The normalized spacial score (nSPS) is 54.3. The van der Waals surface area contributed by atoms with Crippen molar-refractivity contribution < 1.29 is 29.2 Å². The van der Waals surface area contributed by atoms with Crippen LogP contribution in [0.4, 0.5) is 0 Å². The highest BCUT2D eigenvalue weighted by molar-refractivity contribution is 5.76. The Hall–Kier alpha value is -0.950. The third-order valence-corrected chi connectivity index (χ3v) is 15.4. The number of aliphatic hydroxyl groups is 2. The van der Waals surface area contributed by atoms with Gasteiger partial charge in [0.25, 0.3) is 0 Å². The van der Waals surface area contributed by atoms with Gasteiger partial charge in [0.05, 0.1) is 30.8 Å². The molecule has 5 aliphatic carbocycles. The first kappa shape index (κ1) is 32.0. The van der Waals surface area contributed by atoms with Crippen molar-refractivity contribution in [1.29, 1.82) is 0 Å². The Morgan fingerprint density at radius 1 is 0.930 bits per heavy atom. The Morgan fingerprint density at radius 2 is 1.63 bits per heavy atom. The third-order valence-electron chi connectivity index (χ3n) is 15.4. The van der Waals surface area contributed by atoms with Gasteiger partial charge in [0, 0.05) is 6.42 Å². The lowest BCUT2D eigenvalue weighted by Crippen LogP contribution is -2.65. The molecule has 0 aromatic carbocycles. The number of carbonyl (C=O) groups is 1. The number of ether oxygens (including phenoxy) is 3. The summed E-state index contributed by atoms with van der Waals surface area (Å²) in [6.45, 7) is 19.1. The first-order valence-corrected chi connectivity index (χ1v) is 17.4. The molecule has 0 amide bonds. The highest BCUT2D eigenvalue weighted by Gasteiger charge is 2.68. The van der Waals surface area contributed by atoms with E-state index in [-0.39, 0.29) is 39.1 Å². The van der Waals surface area contributed by atoms with Gasteiger partial charge in [-0.05, 0) is 123 Å². The summed E-state index contributed by atoms with van der Waals surface area (Å²) in [7, 11) is 1.55. The maximum absolute atomic E-state index is 13.0. The number of allylic oxidation sites excluding steroid dienone is 2. The van der Waals surface area contributed by atoms with Gasteiger partial charge >= 0.3 is 5.97 Å². The molecule has 0 bridgehead atoms. The monoisotopic (exact) mass is 600 g/mol. The fourth-order valence-corrected chi connectivity index (χ4v) is 12.3. The molecule has 0 unspecified atom stereocenters. The summed E-state index contributed by atoms with van der Waals surface area (Å²) in [5.41, 5.74) is 2.09. The fourth-order valence-electron chi connectivity index (χ4n) is 12.3. The predicted molar refractivity (Wildman–Crippen MR) is 167 cm³/mol. The van der Waals surface area contributed by atoms with Crippen LogP contribution in [0.5, 0.6) is 0 Å². The Morgan fingerprint density at radius 3 is 2.30 bits per heavy atom. The summed E-state index contributed by atoms with van der Waals surface area (Å²) in [4.78, 5) is 13.0. The highest BCUT2D eigenvalue weighted by atomic mass is 16.7. The van der Waals surface area contributed by atoms with Gasteiger partial charge in [-0.3, -0.25) is 4.79 Å². The fraction of sp³-hybridized carbons (Fsp3) is 0.919. The first-order valence-electron chi connectivity index (χ1n) is 17.4. The summed E-state index contributed by atoms with van der Waals surface area (Å²) in [5, 5.41) is 20.6. The van der Waals surface area contributed by atoms with E-state index in [9.17, 15) is 15.0 Å². The van der Waals surface area contributed by atoms with Gasteiger partial charge in [0.1, 0.15) is 6.10 Å². The van der Waals surface area contributed by atoms with Gasteiger partial charge in [-0.2, -0.15) is 0 Å². The molecule has 1 aliphatic heterocycles. The molecule has 5 fully saturated rings. The molecular formula is C37H60O6. The minimum atomic E-state index is -0.857. The Kier molecular flexibility index (Phi) is 7.65. The number of esters is 1. The largest absolute Gasteiger partial charge is 0.469 e. The molecule has 4 saturated carbocycles. The molecule has 43 heavy (non-hydrogen) atoms. The molecule has 6 heteroatoms. The average Bonchev–Trinajstić information content (AvgIpc) is 2.94. The number of hydrogen-bond acceptors (Lipinski definition) is 6. The smallest absolute Gasteiger partial charge is 0.311 e. The van der Waals surface area contributed by atoms with E-state index in [4.69, 9.17) is 14.2 Å². The summed E-state index contributed by atoms with van der Waals surface area (Å²) < 4.78 is 18.0. The van der Waals surface area contributed by atoms with Crippen molar-refractivity contribution in [1.82, 2.24) is 0 Å². The zero-order valence-electron chi connectivity index (χ0n) is 28.5. The molecule has 13 atom stereocenters. The minimum Gasteiger partial charge on any atom is -0.469 e. The maximum Gasteiger partial charge on any atom is 0.311 e. The molecule has 6 nitrogen and oxygen atoms in total. The van der Waals surface area contributed by atoms with Crippen molar-refractivity contribution in [2.75, 3.05) is 7.11 Å². The van der Waals surface area contributed by atoms with Crippen LogP contribution in [-0.2, 0) is 19.0 Å². The second-order valence-corrected chi connectivity index (χ2v) is 17.8. The first-order chi connectivity index (χ1) is 19.9. The predicted octanol–water partition coefficient (Wildman–Crippen LogP) is 7.20. The Bertz CT molecular complexity index is 1140. The van der Waals surface area contributed by atoms with Crippen molar-refractivity contribution in [2.24, 2.45) is 50.2 Å². The summed E-state index contributed by atoms with van der Waals surface area (Å²) in [5.74, 6) is 1.56. The number of methoxy groups -OCH3 is 1. The lowest BCUT2D eigenvalue weighted by molar-refractivity contribution is -0.291. The van der Waals surface area contributed by atoms with E-state index in [0.717, 1.165) is 38.5 Å². The van der Waals surface area contributed by atoms with Crippen LogP contribution in [-0.4, -0.2) is 54.0 Å². The molecule has 1 saturated heterocycles. The topological polar surface area (TPSA) is 85.2 Å². The van der Waals surface area contributed by atoms with E-state index >= 15 is 0 Å². The van der Waals surface area contributed by atoms with Gasteiger partial charge in [-0.15, -0.1) is 0 Å². The zero-order valence-corrected chi connectivity index (χ0v) is 28.5. The van der Waals surface area contributed by atoms with Crippen LogP contribution in [0.2, 0.25) is 0 Å². The van der Waals surface area contributed by atoms with E-state index in [1.165, 1.54) is 25.7 Å². The van der Waals surface area contributed by atoms with Crippen LogP contribution < -0.4 is 0 Å². The van der Waals surface area contributed by atoms with Gasteiger partial charge < -0.3 is 24.4 Å². The van der Waals surface area contributed by atoms with E-state index < -0.39 is 30.0 Å². The zero-order chi connectivity index (χ0) is 31.4. The lowest BCUT2D eigenvalue weighted by Gasteiger charge is -2.71. The third kappa shape index (κ3) is 4.49. The van der Waals surface area contributed by atoms with Crippen molar-refractivity contribution in [3.8, 4) is 0 Å². The molecule has 0 aromatic heterocycles. The van der Waals surface area contributed by atoms with E-state index in [1.54, 1.807) is 12.7 Å². The van der Waals surface area contributed by atoms with Gasteiger partial charge in [0.15, 0.2) is 6.29 Å². The summed E-state index contributed by atoms with van der Waals surface area (Å²) in [6.07, 6.45) is 11.6. The number of hydrogen-bond donors (Lipinski definition) is 2. The van der Waals surface area contributed by atoms with Crippen molar-refractivity contribution >= 4 is 5.97 Å². The molecule has 244 valence electrons. The van der Waals surface area contributed by atoms with Crippen LogP contribution in [0.1, 0.15) is 126 Å². The summed E-state index contributed by atoms with van der Waals surface area (Å²) in [6, 6.07) is 0. The van der Waals surface area contributed by atoms with Crippen molar-refractivity contribution in [3.63, 3.8) is 0 Å². The molecule has 2 N–H and O–H groups in total. The van der Waals surface area contributed by atoms with Gasteiger partial charge in [0.2, 0.25) is 0 Å². The number of fused-ring (bicyclic) bond motifs is 7. The molecule has 6 rings (SSSR count). The molecule has 0 radical (unpaired) electrons. The van der Waals surface area contributed by atoms with Crippen LogP contribution in [0, 0.1) is 50.2 Å². The average molecular weight is 601 g/mol. The minimum absolute atomic E-state index is 0.0241. The van der Waals surface area contributed by atoms with Crippen LogP contribution in [0.3, 0.4) is 0 Å². The highest BCUT2D eigenvalue weighted by Crippen LogP contribution is 2.75. The van der Waals surface area contributed by atoms with Crippen molar-refractivity contribution in [3.05, 3.63) is 11.6 Å². The van der Waals surface area contributed by atoms with E-state index in [2.05, 4.69) is 54.5 Å². The number of carbonyl (C=O) groups excluding carboxylic acids is 1. The van der Waals surface area contributed by atoms with Crippen LogP contribution in [0.25, 0.3) is 0 Å². The second-order valence-electron chi connectivity index (χ2n) is 17.8. The standard InChI is InChI=1S/C37H60O6/c1-22-30(39)25(38)20-29(42-22)43-28-13-14-35(6)26(32(28,2)3)12-15-37(8)27(35)11-10-23-24-21-34(5,31(40)41-9)17-16-33(24,4)18-19-36(23,37)7/h10,22,24-30,38-39H,11-21H2,1-9H3/t22-,24-,25-,26-,27+,28-,29-,30-,33+,34-,35-,36+,37+/m0/s1. The van der Waals surface area contributed by atoms with Crippen LogP contribution >= 0.6 is 0 Å². The summed E-state index contributed by atoms with van der Waals surface area (Å²) >= 11 is 0. The maximum atomic E-state index is 13.0. The quantitative estimate of drug-likeness (QED) is 0.202. The van der Waals surface area contributed by atoms with E-state index in [0.29, 0.717) is 24.2 Å². The van der Waals surface area contributed by atoms with Crippen molar-refractivity contribution in [2.45, 2.75) is 157 Å². The molecule has 6 aliphatic rings.